The minimum absolute atomic E-state index is 0.0246. The first kappa shape index (κ1) is 13.3. The van der Waals surface area contributed by atoms with Crippen molar-refractivity contribution in [1.29, 1.82) is 0 Å². The molecule has 2 heterocycles. The van der Waals surface area contributed by atoms with E-state index in [2.05, 4.69) is 4.98 Å². The third-order valence-electron chi connectivity index (χ3n) is 3.42. The minimum atomic E-state index is -0.394. The predicted molar refractivity (Wildman–Crippen MR) is 78.7 cm³/mol. The van der Waals surface area contributed by atoms with Crippen LogP contribution in [0.1, 0.15) is 22.5 Å². The second-order valence-electron chi connectivity index (χ2n) is 4.94. The topological polar surface area (TPSA) is 53.4 Å². The Hall–Kier alpha value is -1.72. The van der Waals surface area contributed by atoms with Crippen LogP contribution in [0.15, 0.2) is 36.5 Å². The maximum absolute atomic E-state index is 12.4. The molecular formula is C15H16N2O2S. The van der Waals surface area contributed by atoms with Crippen molar-refractivity contribution in [3.63, 3.8) is 0 Å². The lowest BCUT2D eigenvalue weighted by atomic mass is 10.1. The number of nitrogens with zero attached hydrogens (tertiary/aromatic N) is 2. The molecule has 0 radical (unpaired) electrons. The van der Waals surface area contributed by atoms with Crippen molar-refractivity contribution >= 4 is 17.2 Å². The molecule has 0 bridgehead atoms. The van der Waals surface area contributed by atoms with E-state index in [1.165, 1.54) is 11.3 Å². The number of aliphatic hydroxyl groups excluding tert-OH is 1. The molecule has 1 fully saturated rings. The van der Waals surface area contributed by atoms with Crippen LogP contribution in [0.25, 0.3) is 10.6 Å². The fourth-order valence-corrected chi connectivity index (χ4v) is 3.27. The van der Waals surface area contributed by atoms with E-state index in [-0.39, 0.29) is 5.91 Å². The van der Waals surface area contributed by atoms with E-state index in [1.54, 1.807) is 11.1 Å². The Kier molecular flexibility index (Phi) is 3.80. The summed E-state index contributed by atoms with van der Waals surface area (Å²) in [6, 6.07) is 9.84. The van der Waals surface area contributed by atoms with Gasteiger partial charge >= 0.3 is 0 Å². The molecule has 1 N–H and O–H groups in total. The molecule has 1 atom stereocenters. The Morgan fingerprint density at radius 3 is 2.90 bits per heavy atom. The van der Waals surface area contributed by atoms with E-state index in [1.807, 2.05) is 30.3 Å². The summed E-state index contributed by atoms with van der Waals surface area (Å²) < 4.78 is 0. The van der Waals surface area contributed by atoms with Crippen molar-refractivity contribution in [2.24, 2.45) is 0 Å². The number of benzene rings is 1. The van der Waals surface area contributed by atoms with Crippen LogP contribution < -0.4 is 0 Å². The standard InChI is InChI=1S/C15H16N2O2S/c18-12-7-4-8-17(10-12)15(19)13-9-16-14(20-13)11-5-2-1-3-6-11/h1-3,5-6,9,12,18H,4,7-8,10H2. The lowest BCUT2D eigenvalue weighted by Crippen LogP contribution is -2.41. The number of aliphatic hydroxyl groups is 1. The van der Waals surface area contributed by atoms with Gasteiger partial charge in [0, 0.05) is 18.7 Å². The maximum atomic E-state index is 12.4. The van der Waals surface area contributed by atoms with E-state index < -0.39 is 6.10 Å². The van der Waals surface area contributed by atoms with Gasteiger partial charge in [0.1, 0.15) is 9.88 Å². The van der Waals surface area contributed by atoms with Gasteiger partial charge in [-0.15, -0.1) is 11.3 Å². The van der Waals surface area contributed by atoms with Crippen LogP contribution >= 0.6 is 11.3 Å². The Morgan fingerprint density at radius 2 is 2.15 bits per heavy atom. The van der Waals surface area contributed by atoms with Crippen molar-refractivity contribution in [2.45, 2.75) is 18.9 Å². The van der Waals surface area contributed by atoms with E-state index >= 15 is 0 Å². The number of carbonyl (C=O) groups is 1. The van der Waals surface area contributed by atoms with Crippen LogP contribution in [0.3, 0.4) is 0 Å². The van der Waals surface area contributed by atoms with E-state index in [0.717, 1.165) is 23.4 Å². The molecule has 20 heavy (non-hydrogen) atoms. The first-order valence-corrected chi connectivity index (χ1v) is 7.54. The van der Waals surface area contributed by atoms with Crippen molar-refractivity contribution < 1.29 is 9.90 Å². The monoisotopic (exact) mass is 288 g/mol. The molecule has 1 amide bonds. The van der Waals surface area contributed by atoms with Crippen LogP contribution in [0.5, 0.6) is 0 Å². The number of hydrogen-bond acceptors (Lipinski definition) is 4. The molecule has 2 aromatic rings. The molecule has 1 unspecified atom stereocenters. The highest BCUT2D eigenvalue weighted by Crippen LogP contribution is 2.26. The van der Waals surface area contributed by atoms with Gasteiger partial charge in [0.05, 0.1) is 12.3 Å². The van der Waals surface area contributed by atoms with E-state index in [9.17, 15) is 9.90 Å². The van der Waals surface area contributed by atoms with Gasteiger partial charge in [0.2, 0.25) is 0 Å². The van der Waals surface area contributed by atoms with Crippen molar-refractivity contribution in [2.75, 3.05) is 13.1 Å². The zero-order chi connectivity index (χ0) is 13.9. The first-order chi connectivity index (χ1) is 9.74. The Labute approximate surface area is 121 Å². The summed E-state index contributed by atoms with van der Waals surface area (Å²) >= 11 is 1.41. The highest BCUT2D eigenvalue weighted by atomic mass is 32.1. The SMILES string of the molecule is O=C(c1cnc(-c2ccccc2)s1)N1CCCC(O)C1. The second-order valence-corrected chi connectivity index (χ2v) is 5.97. The zero-order valence-electron chi connectivity index (χ0n) is 11.0. The number of hydrogen-bond donors (Lipinski definition) is 1. The average Bonchev–Trinajstić information content (AvgIpc) is 2.97. The summed E-state index contributed by atoms with van der Waals surface area (Å²) in [6.45, 7) is 1.14. The smallest absolute Gasteiger partial charge is 0.265 e. The van der Waals surface area contributed by atoms with Crippen LogP contribution in [0.2, 0.25) is 0 Å². The fraction of sp³-hybridized carbons (Fsp3) is 0.333. The quantitative estimate of drug-likeness (QED) is 0.923. The third kappa shape index (κ3) is 2.73. The van der Waals surface area contributed by atoms with Gasteiger partial charge in [0.25, 0.3) is 5.91 Å². The molecule has 5 heteroatoms. The van der Waals surface area contributed by atoms with Gasteiger partial charge in [-0.3, -0.25) is 4.79 Å². The summed E-state index contributed by atoms with van der Waals surface area (Å²) in [5, 5.41) is 10.5. The lowest BCUT2D eigenvalue weighted by molar-refractivity contribution is 0.0477. The summed E-state index contributed by atoms with van der Waals surface area (Å²) in [5.41, 5.74) is 1.02. The molecule has 1 saturated heterocycles. The number of piperidine rings is 1. The van der Waals surface area contributed by atoms with Crippen LogP contribution in [-0.2, 0) is 0 Å². The molecule has 3 rings (SSSR count). The maximum Gasteiger partial charge on any atom is 0.265 e. The van der Waals surface area contributed by atoms with Crippen LogP contribution in [0.4, 0.5) is 0 Å². The lowest BCUT2D eigenvalue weighted by Gasteiger charge is -2.29. The number of β-amino-alcohol motifs (C(OH)–C–C–N with tert-alkyl or cyclic N) is 1. The number of aromatic nitrogens is 1. The number of amides is 1. The fourth-order valence-electron chi connectivity index (χ4n) is 2.38. The van der Waals surface area contributed by atoms with Crippen LogP contribution in [0, 0.1) is 0 Å². The molecule has 104 valence electrons. The van der Waals surface area contributed by atoms with Gasteiger partial charge in [0.15, 0.2) is 0 Å². The number of rotatable bonds is 2. The summed E-state index contributed by atoms with van der Waals surface area (Å²) in [6.07, 6.45) is 2.88. The van der Waals surface area contributed by atoms with Gasteiger partial charge in [-0.05, 0) is 12.8 Å². The van der Waals surface area contributed by atoms with E-state index in [0.29, 0.717) is 18.0 Å². The molecule has 0 spiro atoms. The van der Waals surface area contributed by atoms with Gasteiger partial charge in [-0.2, -0.15) is 0 Å². The number of carbonyl (C=O) groups excluding carboxylic acids is 1. The van der Waals surface area contributed by atoms with Crippen molar-refractivity contribution in [1.82, 2.24) is 9.88 Å². The molecule has 1 aliphatic heterocycles. The molecule has 4 nitrogen and oxygen atoms in total. The Bertz CT molecular complexity index is 597. The molecule has 0 aliphatic carbocycles. The minimum Gasteiger partial charge on any atom is -0.391 e. The Morgan fingerprint density at radius 1 is 1.35 bits per heavy atom. The highest BCUT2D eigenvalue weighted by molar-refractivity contribution is 7.16. The summed E-state index contributed by atoms with van der Waals surface area (Å²) in [7, 11) is 0. The molecule has 1 aliphatic rings. The van der Waals surface area contributed by atoms with Crippen molar-refractivity contribution in [3.05, 3.63) is 41.4 Å². The van der Waals surface area contributed by atoms with Crippen molar-refractivity contribution in [3.8, 4) is 10.6 Å². The molecular weight excluding hydrogens is 272 g/mol. The predicted octanol–water partition coefficient (Wildman–Crippen LogP) is 2.41. The molecule has 1 aromatic heterocycles. The van der Waals surface area contributed by atoms with Gasteiger partial charge < -0.3 is 10.0 Å². The number of thiazole rings is 1. The average molecular weight is 288 g/mol. The largest absolute Gasteiger partial charge is 0.391 e. The zero-order valence-corrected chi connectivity index (χ0v) is 11.8. The van der Waals surface area contributed by atoms with Gasteiger partial charge in [-0.1, -0.05) is 30.3 Å². The summed E-state index contributed by atoms with van der Waals surface area (Å²) in [5.74, 6) is -0.0246. The molecule has 0 saturated carbocycles. The molecule has 1 aromatic carbocycles. The Balaban J connectivity index is 1.78. The first-order valence-electron chi connectivity index (χ1n) is 6.72. The van der Waals surface area contributed by atoms with E-state index in [4.69, 9.17) is 0 Å². The third-order valence-corrected chi connectivity index (χ3v) is 4.46. The van der Waals surface area contributed by atoms with Gasteiger partial charge in [-0.25, -0.2) is 4.98 Å². The number of likely N-dealkylation sites (tertiary alicyclic amines) is 1. The second kappa shape index (κ2) is 5.73. The normalized spacial score (nSPS) is 19.1. The van der Waals surface area contributed by atoms with Crippen LogP contribution in [-0.4, -0.2) is 40.1 Å². The summed E-state index contributed by atoms with van der Waals surface area (Å²) in [4.78, 5) is 19.1. The highest BCUT2D eigenvalue weighted by Gasteiger charge is 2.24.